The van der Waals surface area contributed by atoms with Crippen LogP contribution in [0.5, 0.6) is 0 Å². The van der Waals surface area contributed by atoms with E-state index in [4.69, 9.17) is 10.3 Å². The monoisotopic (exact) mass is 303 g/mol. The second-order valence-electron chi connectivity index (χ2n) is 5.47. The van der Waals surface area contributed by atoms with E-state index >= 15 is 0 Å². The summed E-state index contributed by atoms with van der Waals surface area (Å²) in [7, 11) is 0. The van der Waals surface area contributed by atoms with Crippen LogP contribution in [0, 0.1) is 0 Å². The molecule has 5 heteroatoms. The largest absolute Gasteiger partial charge is 0.339 e. The smallest absolute Gasteiger partial charge is 0.235 e. The van der Waals surface area contributed by atoms with Gasteiger partial charge in [0, 0.05) is 11.8 Å². The van der Waals surface area contributed by atoms with Gasteiger partial charge in [-0.3, -0.25) is 0 Å². The van der Waals surface area contributed by atoms with Crippen molar-refractivity contribution in [2.24, 2.45) is 5.73 Å². The molecule has 0 spiro atoms. The van der Waals surface area contributed by atoms with Gasteiger partial charge in [0.1, 0.15) is 0 Å². The summed E-state index contributed by atoms with van der Waals surface area (Å²) in [4.78, 5) is 4.54. The van der Waals surface area contributed by atoms with Crippen molar-refractivity contribution in [2.75, 3.05) is 6.54 Å². The zero-order valence-electron chi connectivity index (χ0n) is 12.1. The summed E-state index contributed by atoms with van der Waals surface area (Å²) in [6.45, 7) is 0.474. The maximum atomic E-state index is 5.89. The summed E-state index contributed by atoms with van der Waals surface area (Å²) in [5.41, 5.74) is 7.01. The van der Waals surface area contributed by atoms with E-state index < -0.39 is 0 Å². The Morgan fingerprint density at radius 1 is 1.24 bits per heavy atom. The number of hydrogen-bond acceptors (Lipinski definition) is 5. The Morgan fingerprint density at radius 3 is 2.71 bits per heavy atom. The fourth-order valence-corrected chi connectivity index (χ4v) is 3.95. The first-order chi connectivity index (χ1) is 10.4. The summed E-state index contributed by atoms with van der Waals surface area (Å²) in [6.07, 6.45) is 5.37. The van der Waals surface area contributed by atoms with Gasteiger partial charge in [0.25, 0.3) is 0 Å². The molecule has 1 saturated carbocycles. The van der Waals surface area contributed by atoms with Crippen molar-refractivity contribution in [3.05, 3.63) is 47.6 Å². The number of benzene rings is 1. The number of rotatable bonds is 6. The lowest BCUT2D eigenvalue weighted by Gasteiger charge is -2.09. The van der Waals surface area contributed by atoms with Crippen LogP contribution in [-0.2, 0) is 5.75 Å². The van der Waals surface area contributed by atoms with E-state index in [2.05, 4.69) is 22.3 Å². The average Bonchev–Trinajstić information content (AvgIpc) is 3.19. The quantitative estimate of drug-likeness (QED) is 0.886. The van der Waals surface area contributed by atoms with Gasteiger partial charge in [0.15, 0.2) is 5.82 Å². The van der Waals surface area contributed by atoms with Gasteiger partial charge in [-0.1, -0.05) is 48.3 Å². The fraction of sp³-hybridized carbons (Fsp3) is 0.500. The minimum Gasteiger partial charge on any atom is -0.339 e. The highest BCUT2D eigenvalue weighted by Crippen LogP contribution is 2.31. The Labute approximate surface area is 129 Å². The lowest BCUT2D eigenvalue weighted by Crippen LogP contribution is -2.14. The van der Waals surface area contributed by atoms with Crippen LogP contribution in [0.2, 0.25) is 0 Å². The molecule has 1 aromatic carbocycles. The molecule has 2 aromatic rings. The minimum atomic E-state index is -0.0102. The molecule has 1 atom stereocenters. The second kappa shape index (κ2) is 7.09. The van der Waals surface area contributed by atoms with Gasteiger partial charge in [-0.2, -0.15) is 16.7 Å². The van der Waals surface area contributed by atoms with E-state index in [1.54, 1.807) is 0 Å². The van der Waals surface area contributed by atoms with Gasteiger partial charge in [-0.15, -0.1) is 0 Å². The summed E-state index contributed by atoms with van der Waals surface area (Å²) < 4.78 is 5.43. The Kier molecular flexibility index (Phi) is 4.93. The van der Waals surface area contributed by atoms with Gasteiger partial charge < -0.3 is 10.3 Å². The third-order valence-corrected chi connectivity index (χ3v) is 5.34. The molecule has 1 heterocycles. The number of aromatic nitrogens is 2. The van der Waals surface area contributed by atoms with Crippen LogP contribution >= 0.6 is 11.8 Å². The third-order valence-electron chi connectivity index (χ3n) is 3.97. The molecule has 0 bridgehead atoms. The molecule has 1 aromatic heterocycles. The minimum absolute atomic E-state index is 0.0102. The third kappa shape index (κ3) is 3.66. The highest BCUT2D eigenvalue weighted by molar-refractivity contribution is 7.99. The predicted molar refractivity (Wildman–Crippen MR) is 85.2 cm³/mol. The first-order valence-corrected chi connectivity index (χ1v) is 8.61. The lowest BCUT2D eigenvalue weighted by atomic mass is 9.99. The van der Waals surface area contributed by atoms with Crippen LogP contribution in [0.1, 0.15) is 48.9 Å². The standard InChI is InChI=1S/C16H21N3OS/c17-10-14(12-6-2-1-3-7-12)16-18-15(19-20-16)11-21-13-8-4-5-9-13/h1-3,6-7,13-14H,4-5,8-11,17H2. The van der Waals surface area contributed by atoms with E-state index in [0.717, 1.165) is 22.4 Å². The highest BCUT2D eigenvalue weighted by atomic mass is 32.2. The normalized spacial score (nSPS) is 17.2. The molecule has 4 nitrogen and oxygen atoms in total. The van der Waals surface area contributed by atoms with Gasteiger partial charge in [-0.25, -0.2) is 0 Å². The maximum absolute atomic E-state index is 5.89. The van der Waals surface area contributed by atoms with Gasteiger partial charge in [-0.05, 0) is 18.4 Å². The Balaban J connectivity index is 1.65. The Morgan fingerprint density at radius 2 is 2.00 bits per heavy atom. The average molecular weight is 303 g/mol. The number of hydrogen-bond donors (Lipinski definition) is 1. The van der Waals surface area contributed by atoms with Gasteiger partial charge in [0.05, 0.1) is 11.7 Å². The molecule has 2 N–H and O–H groups in total. The van der Waals surface area contributed by atoms with Gasteiger partial charge >= 0.3 is 0 Å². The molecule has 1 unspecified atom stereocenters. The van der Waals surface area contributed by atoms with E-state index in [-0.39, 0.29) is 5.92 Å². The van der Waals surface area contributed by atoms with Crippen LogP contribution < -0.4 is 5.73 Å². The second-order valence-corrected chi connectivity index (χ2v) is 6.75. The Bertz CT molecular complexity index is 552. The number of nitrogens with zero attached hydrogens (tertiary/aromatic N) is 2. The van der Waals surface area contributed by atoms with Crippen molar-refractivity contribution in [3.63, 3.8) is 0 Å². The molecular weight excluding hydrogens is 282 g/mol. The summed E-state index contributed by atoms with van der Waals surface area (Å²) in [5.74, 6) is 2.24. The zero-order valence-corrected chi connectivity index (χ0v) is 12.9. The maximum Gasteiger partial charge on any atom is 0.235 e. The van der Waals surface area contributed by atoms with Crippen LogP contribution in [0.25, 0.3) is 0 Å². The van der Waals surface area contributed by atoms with E-state index in [9.17, 15) is 0 Å². The van der Waals surface area contributed by atoms with Crippen molar-refractivity contribution in [1.82, 2.24) is 10.1 Å². The molecule has 112 valence electrons. The number of thioether (sulfide) groups is 1. The van der Waals surface area contributed by atoms with Crippen molar-refractivity contribution in [3.8, 4) is 0 Å². The van der Waals surface area contributed by atoms with Crippen molar-refractivity contribution >= 4 is 11.8 Å². The molecule has 0 saturated heterocycles. The summed E-state index contributed by atoms with van der Waals surface area (Å²) in [6, 6.07) is 10.1. The summed E-state index contributed by atoms with van der Waals surface area (Å²) in [5, 5.41) is 4.88. The molecular formula is C16H21N3OS. The van der Waals surface area contributed by atoms with Crippen LogP contribution in [-0.4, -0.2) is 21.9 Å². The van der Waals surface area contributed by atoms with Crippen LogP contribution in [0.3, 0.4) is 0 Å². The van der Waals surface area contributed by atoms with Gasteiger partial charge in [0.2, 0.25) is 5.89 Å². The van der Waals surface area contributed by atoms with E-state index in [1.807, 2.05) is 30.0 Å². The molecule has 0 amide bonds. The van der Waals surface area contributed by atoms with Crippen molar-refractivity contribution in [2.45, 2.75) is 42.6 Å². The molecule has 0 radical (unpaired) electrons. The molecule has 1 fully saturated rings. The fourth-order valence-electron chi connectivity index (χ4n) is 2.78. The molecule has 1 aliphatic rings. The number of nitrogens with two attached hydrogens (primary N) is 1. The highest BCUT2D eigenvalue weighted by Gasteiger charge is 2.21. The summed E-state index contributed by atoms with van der Waals surface area (Å²) >= 11 is 1.95. The van der Waals surface area contributed by atoms with E-state index in [0.29, 0.717) is 12.4 Å². The Hall–Kier alpha value is -1.33. The topological polar surface area (TPSA) is 64.9 Å². The molecule has 3 rings (SSSR count). The molecule has 1 aliphatic carbocycles. The van der Waals surface area contributed by atoms with Crippen LogP contribution in [0.4, 0.5) is 0 Å². The zero-order chi connectivity index (χ0) is 14.5. The molecule has 21 heavy (non-hydrogen) atoms. The first-order valence-electron chi connectivity index (χ1n) is 7.56. The van der Waals surface area contributed by atoms with Crippen molar-refractivity contribution < 1.29 is 4.52 Å². The van der Waals surface area contributed by atoms with Crippen molar-refractivity contribution in [1.29, 1.82) is 0 Å². The lowest BCUT2D eigenvalue weighted by molar-refractivity contribution is 0.363. The van der Waals surface area contributed by atoms with E-state index in [1.165, 1.54) is 25.7 Å². The predicted octanol–water partition coefficient (Wildman–Crippen LogP) is 3.34. The first kappa shape index (κ1) is 14.6. The van der Waals surface area contributed by atoms with Crippen LogP contribution in [0.15, 0.2) is 34.9 Å². The SMILES string of the molecule is NCC(c1ccccc1)c1nc(CSC2CCCC2)no1. The molecule has 0 aliphatic heterocycles.